The van der Waals surface area contributed by atoms with Gasteiger partial charge in [0.15, 0.2) is 0 Å². The number of nitrogens with zero attached hydrogens (tertiary/aromatic N) is 2. The minimum absolute atomic E-state index is 0.146. The molecule has 0 fully saturated rings. The zero-order valence-corrected chi connectivity index (χ0v) is 22.7. The molecule has 3 rings (SSSR count). The van der Waals surface area contributed by atoms with Crippen LogP contribution in [0, 0.1) is 0 Å². The van der Waals surface area contributed by atoms with Gasteiger partial charge < -0.3 is 10.2 Å². The van der Waals surface area contributed by atoms with E-state index in [0.717, 1.165) is 26.2 Å². The molecule has 0 unspecified atom stereocenters. The van der Waals surface area contributed by atoms with Crippen molar-refractivity contribution in [1.29, 1.82) is 0 Å². The number of likely N-dealkylation sites (N-methyl/N-ethyl adjacent to an activating group) is 1. The Morgan fingerprint density at radius 2 is 1.47 bits per heavy atom. The molecule has 0 saturated carbocycles. The van der Waals surface area contributed by atoms with Crippen LogP contribution in [0.1, 0.15) is 18.1 Å². The first kappa shape index (κ1) is 27.4. The molecule has 1 N–H and O–H groups in total. The van der Waals surface area contributed by atoms with E-state index in [-0.39, 0.29) is 12.5 Å². The van der Waals surface area contributed by atoms with Gasteiger partial charge >= 0.3 is 0 Å². The van der Waals surface area contributed by atoms with Crippen molar-refractivity contribution in [3.05, 3.63) is 101 Å². The maximum atomic E-state index is 13.8. The Kier molecular flexibility index (Phi) is 9.66. The molecule has 9 heteroatoms. The van der Waals surface area contributed by atoms with Crippen molar-refractivity contribution < 1.29 is 18.0 Å². The fraction of sp³-hybridized carbons (Fsp3) is 0.259. The number of hydrogen-bond acceptors (Lipinski definition) is 4. The Balaban J connectivity index is 2.01. The van der Waals surface area contributed by atoms with E-state index in [9.17, 15) is 18.0 Å². The van der Waals surface area contributed by atoms with Gasteiger partial charge in [-0.1, -0.05) is 76.6 Å². The quantitative estimate of drug-likeness (QED) is 0.377. The molecule has 0 bridgehead atoms. The summed E-state index contributed by atoms with van der Waals surface area (Å²) < 4.78 is 27.3. The first-order chi connectivity index (χ1) is 17.2. The van der Waals surface area contributed by atoms with Crippen LogP contribution in [0.5, 0.6) is 0 Å². The number of sulfonamides is 1. The lowest BCUT2D eigenvalue weighted by Crippen LogP contribution is -2.53. The molecule has 1 atom stereocenters. The van der Waals surface area contributed by atoms with Crippen LogP contribution >= 0.6 is 15.9 Å². The number of rotatable bonds is 11. The molecule has 0 aliphatic rings. The van der Waals surface area contributed by atoms with Crippen molar-refractivity contribution in [2.24, 2.45) is 0 Å². The number of benzene rings is 3. The average Bonchev–Trinajstić information content (AvgIpc) is 2.86. The van der Waals surface area contributed by atoms with E-state index >= 15 is 0 Å². The number of halogens is 1. The fourth-order valence-corrected chi connectivity index (χ4v) is 4.95. The zero-order valence-electron chi connectivity index (χ0n) is 20.3. The van der Waals surface area contributed by atoms with Crippen molar-refractivity contribution in [3.63, 3.8) is 0 Å². The van der Waals surface area contributed by atoms with Crippen LogP contribution in [0.25, 0.3) is 0 Å². The number of anilines is 1. The van der Waals surface area contributed by atoms with Gasteiger partial charge in [0.2, 0.25) is 21.8 Å². The highest BCUT2D eigenvalue weighted by molar-refractivity contribution is 9.10. The topological polar surface area (TPSA) is 86.8 Å². The second-order valence-corrected chi connectivity index (χ2v) is 11.2. The first-order valence-corrected chi connectivity index (χ1v) is 14.2. The summed E-state index contributed by atoms with van der Waals surface area (Å²) in [5, 5.41) is 2.84. The van der Waals surface area contributed by atoms with Crippen LogP contribution in [0.2, 0.25) is 0 Å². The Bertz CT molecular complexity index is 1250. The summed E-state index contributed by atoms with van der Waals surface area (Å²) in [6.07, 6.45) is 1.36. The molecular weight excluding hydrogens is 542 g/mol. The predicted molar refractivity (Wildman–Crippen MR) is 146 cm³/mol. The maximum Gasteiger partial charge on any atom is 0.244 e. The normalized spacial score (nSPS) is 12.0. The van der Waals surface area contributed by atoms with Crippen molar-refractivity contribution in [1.82, 2.24) is 10.2 Å². The van der Waals surface area contributed by atoms with E-state index < -0.39 is 28.5 Å². The number of nitrogens with one attached hydrogen (secondary N) is 1. The van der Waals surface area contributed by atoms with Crippen LogP contribution in [-0.4, -0.2) is 50.5 Å². The van der Waals surface area contributed by atoms with Crippen LogP contribution in [0.4, 0.5) is 5.69 Å². The van der Waals surface area contributed by atoms with Crippen LogP contribution < -0.4 is 9.62 Å². The van der Waals surface area contributed by atoms with Gasteiger partial charge in [-0.15, -0.1) is 0 Å². The van der Waals surface area contributed by atoms with E-state index in [1.165, 1.54) is 4.90 Å². The molecule has 0 radical (unpaired) electrons. The number of carbonyl (C=O) groups is 2. The molecular formula is C27H30BrN3O4S. The molecule has 0 spiro atoms. The second-order valence-electron chi connectivity index (χ2n) is 8.35. The highest BCUT2D eigenvalue weighted by Crippen LogP contribution is 2.20. The van der Waals surface area contributed by atoms with Crippen LogP contribution in [0.3, 0.4) is 0 Å². The first-order valence-electron chi connectivity index (χ1n) is 11.6. The zero-order chi connectivity index (χ0) is 26.1. The summed E-state index contributed by atoms with van der Waals surface area (Å²) >= 11 is 3.42. The smallest absolute Gasteiger partial charge is 0.244 e. The van der Waals surface area contributed by atoms with Crippen molar-refractivity contribution in [2.75, 3.05) is 23.7 Å². The SMILES string of the molecule is CCNC(=O)[C@H](Cc1ccccc1)N(Cc1ccc(Br)cc1)C(=O)CN(c1ccccc1)S(C)(=O)=O. The summed E-state index contributed by atoms with van der Waals surface area (Å²) in [6.45, 7) is 1.94. The molecule has 0 aliphatic carbocycles. The lowest BCUT2D eigenvalue weighted by Gasteiger charge is -2.33. The maximum absolute atomic E-state index is 13.8. The standard InChI is InChI=1S/C27H30BrN3O4S/c1-3-29-27(33)25(18-21-10-6-4-7-11-21)30(19-22-14-16-23(28)17-15-22)26(32)20-31(36(2,34)35)24-12-8-5-9-13-24/h4-17,25H,3,18-20H2,1-2H3,(H,29,33)/t25-/m0/s1. The Labute approximate surface area is 221 Å². The Hall–Kier alpha value is -3.17. The summed E-state index contributed by atoms with van der Waals surface area (Å²) in [7, 11) is -3.76. The van der Waals surface area contributed by atoms with E-state index in [4.69, 9.17) is 0 Å². The molecule has 0 aromatic heterocycles. The van der Waals surface area contributed by atoms with Gasteiger partial charge in [0.1, 0.15) is 12.6 Å². The van der Waals surface area contributed by atoms with Crippen molar-refractivity contribution >= 4 is 43.5 Å². The van der Waals surface area contributed by atoms with Gasteiger partial charge in [-0.3, -0.25) is 13.9 Å². The third-order valence-corrected chi connectivity index (χ3v) is 7.28. The average molecular weight is 573 g/mol. The van der Waals surface area contributed by atoms with Crippen molar-refractivity contribution in [3.8, 4) is 0 Å². The van der Waals surface area contributed by atoms with Gasteiger partial charge in [-0.25, -0.2) is 8.42 Å². The highest BCUT2D eigenvalue weighted by Gasteiger charge is 2.32. The summed E-state index contributed by atoms with van der Waals surface area (Å²) in [4.78, 5) is 28.5. The molecule has 0 saturated heterocycles. The highest BCUT2D eigenvalue weighted by atomic mass is 79.9. The number of carbonyl (C=O) groups excluding carboxylic acids is 2. The third-order valence-electron chi connectivity index (χ3n) is 5.61. The molecule has 3 aromatic rings. The van der Waals surface area contributed by atoms with Crippen LogP contribution in [-0.2, 0) is 32.6 Å². The lowest BCUT2D eigenvalue weighted by atomic mass is 10.0. The van der Waals surface area contributed by atoms with E-state index in [2.05, 4.69) is 21.2 Å². The van der Waals surface area contributed by atoms with Crippen LogP contribution in [0.15, 0.2) is 89.4 Å². The largest absolute Gasteiger partial charge is 0.355 e. The second kappa shape index (κ2) is 12.7. The number of para-hydroxylation sites is 1. The molecule has 0 heterocycles. The van der Waals surface area contributed by atoms with E-state index in [1.54, 1.807) is 30.3 Å². The Morgan fingerprint density at radius 1 is 0.889 bits per heavy atom. The molecule has 3 aromatic carbocycles. The number of amides is 2. The predicted octanol–water partition coefficient (Wildman–Crippen LogP) is 3.99. The minimum atomic E-state index is -3.76. The van der Waals surface area contributed by atoms with Gasteiger partial charge in [-0.2, -0.15) is 0 Å². The fourth-order valence-electron chi connectivity index (χ4n) is 3.84. The van der Waals surface area contributed by atoms with Gasteiger partial charge in [0.25, 0.3) is 0 Å². The Morgan fingerprint density at radius 3 is 2.03 bits per heavy atom. The van der Waals surface area contributed by atoms with Gasteiger partial charge in [0.05, 0.1) is 11.9 Å². The summed E-state index contributed by atoms with van der Waals surface area (Å²) in [5.41, 5.74) is 2.10. The molecule has 7 nitrogen and oxygen atoms in total. The minimum Gasteiger partial charge on any atom is -0.355 e. The lowest BCUT2D eigenvalue weighted by molar-refractivity contribution is -0.140. The summed E-state index contributed by atoms with van der Waals surface area (Å²) in [5.74, 6) is -0.767. The third kappa shape index (κ3) is 7.66. The van der Waals surface area contributed by atoms with Gasteiger partial charge in [-0.05, 0) is 42.3 Å². The van der Waals surface area contributed by atoms with Gasteiger partial charge in [0, 0.05) is 24.0 Å². The monoisotopic (exact) mass is 571 g/mol. The van der Waals surface area contributed by atoms with Crippen molar-refractivity contribution in [2.45, 2.75) is 25.9 Å². The molecule has 0 aliphatic heterocycles. The van der Waals surface area contributed by atoms with E-state index in [1.807, 2.05) is 61.5 Å². The molecule has 190 valence electrons. The summed E-state index contributed by atoms with van der Waals surface area (Å²) in [6, 6.07) is 24.6. The molecule has 2 amide bonds. The molecule has 36 heavy (non-hydrogen) atoms. The van der Waals surface area contributed by atoms with E-state index in [0.29, 0.717) is 18.7 Å². The number of hydrogen-bond donors (Lipinski definition) is 1.